The van der Waals surface area contributed by atoms with Crippen LogP contribution >= 0.6 is 0 Å². The van der Waals surface area contributed by atoms with Crippen LogP contribution in [0.15, 0.2) is 60.7 Å². The van der Waals surface area contributed by atoms with Gasteiger partial charge < -0.3 is 9.64 Å². The van der Waals surface area contributed by atoms with Crippen LogP contribution in [0.2, 0.25) is 0 Å². The van der Waals surface area contributed by atoms with Crippen LogP contribution in [-0.4, -0.2) is 31.1 Å². The first-order chi connectivity index (χ1) is 10.3. The van der Waals surface area contributed by atoms with E-state index in [1.807, 2.05) is 12.1 Å². The zero-order valence-corrected chi connectivity index (χ0v) is 13.0. The lowest BCUT2D eigenvalue weighted by Gasteiger charge is -2.22. The summed E-state index contributed by atoms with van der Waals surface area (Å²) >= 11 is 0. The first kappa shape index (κ1) is 15.7. The second-order valence-electron chi connectivity index (χ2n) is 5.10. The van der Waals surface area contributed by atoms with Gasteiger partial charge in [-0.1, -0.05) is 74.5 Å². The smallest absolute Gasteiger partial charge is 0.108 e. The number of nitrogens with zero attached hydrogens (tertiary/aromatic N) is 1. The number of ether oxygens (including phenoxy) is 1. The van der Waals surface area contributed by atoms with Crippen LogP contribution in [0.5, 0.6) is 0 Å². The third kappa shape index (κ3) is 4.69. The van der Waals surface area contributed by atoms with Gasteiger partial charge in [0.25, 0.3) is 0 Å². The van der Waals surface area contributed by atoms with Crippen molar-refractivity contribution < 1.29 is 4.74 Å². The fourth-order valence-corrected chi connectivity index (χ4v) is 2.48. The largest absolute Gasteiger partial charge is 0.367 e. The molecule has 0 saturated carbocycles. The number of benzene rings is 2. The molecule has 0 aliphatic heterocycles. The van der Waals surface area contributed by atoms with E-state index in [2.05, 4.69) is 67.3 Å². The third-order valence-electron chi connectivity index (χ3n) is 3.79. The maximum Gasteiger partial charge on any atom is 0.108 e. The van der Waals surface area contributed by atoms with Gasteiger partial charge in [-0.05, 0) is 24.2 Å². The molecule has 21 heavy (non-hydrogen) atoms. The first-order valence-electron chi connectivity index (χ1n) is 7.79. The number of hydrogen-bond acceptors (Lipinski definition) is 2. The molecule has 0 amide bonds. The molecule has 0 aliphatic rings. The molecule has 2 aromatic carbocycles. The van der Waals surface area contributed by atoms with Crippen molar-refractivity contribution in [2.75, 3.05) is 26.2 Å². The van der Waals surface area contributed by atoms with Crippen molar-refractivity contribution >= 4 is 0 Å². The minimum atomic E-state index is 0.0166. The highest BCUT2D eigenvalue weighted by molar-refractivity contribution is 5.29. The molecule has 0 radical (unpaired) electrons. The summed E-state index contributed by atoms with van der Waals surface area (Å²) in [6.07, 6.45) is 0.0166. The Morgan fingerprint density at radius 1 is 0.810 bits per heavy atom. The molecule has 0 N–H and O–H groups in total. The van der Waals surface area contributed by atoms with Crippen LogP contribution in [-0.2, 0) is 4.74 Å². The van der Waals surface area contributed by atoms with Crippen molar-refractivity contribution in [1.82, 2.24) is 4.90 Å². The molecule has 2 rings (SSSR count). The molecule has 2 heteroatoms. The summed E-state index contributed by atoms with van der Waals surface area (Å²) in [7, 11) is 0. The van der Waals surface area contributed by atoms with E-state index in [0.717, 1.165) is 26.2 Å². The lowest BCUT2D eigenvalue weighted by Crippen LogP contribution is -2.27. The molecule has 112 valence electrons. The summed E-state index contributed by atoms with van der Waals surface area (Å²) in [5.74, 6) is 0. The fourth-order valence-electron chi connectivity index (χ4n) is 2.48. The van der Waals surface area contributed by atoms with E-state index in [-0.39, 0.29) is 6.10 Å². The standard InChI is InChI=1S/C19H25NO/c1-3-20(4-2)15-16-21-19(17-11-7-5-8-12-17)18-13-9-6-10-14-18/h5-14,19H,3-4,15-16H2,1-2H3. The van der Waals surface area contributed by atoms with Crippen LogP contribution in [0.25, 0.3) is 0 Å². The van der Waals surface area contributed by atoms with Crippen molar-refractivity contribution in [3.63, 3.8) is 0 Å². The van der Waals surface area contributed by atoms with Crippen LogP contribution in [0.4, 0.5) is 0 Å². The summed E-state index contributed by atoms with van der Waals surface area (Å²) in [5.41, 5.74) is 2.42. The van der Waals surface area contributed by atoms with Crippen LogP contribution in [0.1, 0.15) is 31.1 Å². The summed E-state index contributed by atoms with van der Waals surface area (Å²) in [4.78, 5) is 2.38. The zero-order valence-electron chi connectivity index (χ0n) is 13.0. The van der Waals surface area contributed by atoms with Gasteiger partial charge in [-0.3, -0.25) is 0 Å². The van der Waals surface area contributed by atoms with Gasteiger partial charge in [0.2, 0.25) is 0 Å². The molecular weight excluding hydrogens is 258 g/mol. The van der Waals surface area contributed by atoms with Gasteiger partial charge in [-0.15, -0.1) is 0 Å². The lowest BCUT2D eigenvalue weighted by atomic mass is 10.0. The molecule has 0 bridgehead atoms. The van der Waals surface area contributed by atoms with Gasteiger partial charge in [0.15, 0.2) is 0 Å². The molecule has 0 atom stereocenters. The minimum absolute atomic E-state index is 0.0166. The molecule has 0 unspecified atom stereocenters. The Balaban J connectivity index is 2.07. The first-order valence-corrected chi connectivity index (χ1v) is 7.79. The van der Waals surface area contributed by atoms with Crippen molar-refractivity contribution in [2.24, 2.45) is 0 Å². The molecule has 0 aliphatic carbocycles. The van der Waals surface area contributed by atoms with E-state index in [0.29, 0.717) is 0 Å². The van der Waals surface area contributed by atoms with Gasteiger partial charge >= 0.3 is 0 Å². The molecule has 0 heterocycles. The highest BCUT2D eigenvalue weighted by atomic mass is 16.5. The molecular formula is C19H25NO. The topological polar surface area (TPSA) is 12.5 Å². The van der Waals surface area contributed by atoms with E-state index in [1.165, 1.54) is 11.1 Å². The van der Waals surface area contributed by atoms with Gasteiger partial charge in [0.1, 0.15) is 6.10 Å². The fraction of sp³-hybridized carbons (Fsp3) is 0.368. The van der Waals surface area contributed by atoms with Gasteiger partial charge in [0.05, 0.1) is 6.61 Å². The third-order valence-corrected chi connectivity index (χ3v) is 3.79. The van der Waals surface area contributed by atoms with Gasteiger partial charge in [-0.25, -0.2) is 0 Å². The highest BCUT2D eigenvalue weighted by Crippen LogP contribution is 2.25. The maximum atomic E-state index is 6.21. The summed E-state index contributed by atoms with van der Waals surface area (Å²) in [5, 5.41) is 0. The average molecular weight is 283 g/mol. The maximum absolute atomic E-state index is 6.21. The monoisotopic (exact) mass is 283 g/mol. The Morgan fingerprint density at radius 2 is 1.29 bits per heavy atom. The summed E-state index contributed by atoms with van der Waals surface area (Å²) in [6, 6.07) is 20.9. The Hall–Kier alpha value is -1.64. The molecule has 2 aromatic rings. The minimum Gasteiger partial charge on any atom is -0.367 e. The molecule has 0 fully saturated rings. The normalized spacial score (nSPS) is 11.2. The van der Waals surface area contributed by atoms with E-state index in [1.54, 1.807) is 0 Å². The Bertz CT molecular complexity index is 454. The van der Waals surface area contributed by atoms with Crippen molar-refractivity contribution in [1.29, 1.82) is 0 Å². The molecule has 0 aromatic heterocycles. The highest BCUT2D eigenvalue weighted by Gasteiger charge is 2.14. The van der Waals surface area contributed by atoms with Crippen LogP contribution in [0, 0.1) is 0 Å². The van der Waals surface area contributed by atoms with Crippen LogP contribution in [0.3, 0.4) is 0 Å². The zero-order chi connectivity index (χ0) is 14.9. The van der Waals surface area contributed by atoms with Crippen LogP contribution < -0.4 is 0 Å². The second kappa shape index (κ2) is 8.60. The van der Waals surface area contributed by atoms with E-state index >= 15 is 0 Å². The second-order valence-corrected chi connectivity index (χ2v) is 5.10. The summed E-state index contributed by atoms with van der Waals surface area (Å²) in [6.45, 7) is 8.24. The van der Waals surface area contributed by atoms with Gasteiger partial charge in [-0.2, -0.15) is 0 Å². The Labute approximate surface area is 128 Å². The molecule has 2 nitrogen and oxygen atoms in total. The quantitative estimate of drug-likeness (QED) is 0.722. The SMILES string of the molecule is CCN(CC)CCOC(c1ccccc1)c1ccccc1. The Kier molecular flexibility index (Phi) is 6.45. The van der Waals surface area contributed by atoms with Crippen molar-refractivity contribution in [3.8, 4) is 0 Å². The average Bonchev–Trinajstić information content (AvgIpc) is 2.57. The van der Waals surface area contributed by atoms with E-state index < -0.39 is 0 Å². The van der Waals surface area contributed by atoms with E-state index in [4.69, 9.17) is 4.74 Å². The molecule has 0 saturated heterocycles. The van der Waals surface area contributed by atoms with Crippen molar-refractivity contribution in [3.05, 3.63) is 71.8 Å². The van der Waals surface area contributed by atoms with Crippen molar-refractivity contribution in [2.45, 2.75) is 20.0 Å². The lowest BCUT2D eigenvalue weighted by molar-refractivity contribution is 0.0619. The predicted molar refractivity (Wildman–Crippen MR) is 88.5 cm³/mol. The molecule has 0 spiro atoms. The van der Waals surface area contributed by atoms with E-state index in [9.17, 15) is 0 Å². The predicted octanol–water partition coefficient (Wildman–Crippen LogP) is 4.13. The Morgan fingerprint density at radius 3 is 1.71 bits per heavy atom. The number of hydrogen-bond donors (Lipinski definition) is 0. The number of likely N-dealkylation sites (N-methyl/N-ethyl adjacent to an activating group) is 1. The summed E-state index contributed by atoms with van der Waals surface area (Å²) < 4.78 is 6.21. The number of rotatable bonds is 8. The van der Waals surface area contributed by atoms with Gasteiger partial charge in [0, 0.05) is 6.54 Å².